The van der Waals surface area contributed by atoms with Crippen molar-refractivity contribution in [3.63, 3.8) is 0 Å². The van der Waals surface area contributed by atoms with Crippen LogP contribution in [0.2, 0.25) is 0 Å². The molecule has 0 saturated heterocycles. The first-order chi connectivity index (χ1) is 15.3. The second-order valence-electron chi connectivity index (χ2n) is 7.54. The molecule has 6 nitrogen and oxygen atoms in total. The standard InChI is InChI=1S/C21H29NO2P.CHF3O3S/c1-4-6-16-25(17-7-5-2,19-12-9-8-10-13-19)21-15-11-14-20(18(21)3)22(23)24;2-1(3,4)8(5,6)7/h8-15H,4-7,16-17H2,1-3H3;(H,5,6,7)/q+1;/p-1. The highest BCUT2D eigenvalue weighted by atomic mass is 32.2. The van der Waals surface area contributed by atoms with E-state index in [-0.39, 0.29) is 10.6 Å². The van der Waals surface area contributed by atoms with E-state index in [0.717, 1.165) is 43.6 Å². The molecule has 33 heavy (non-hydrogen) atoms. The number of nitro benzene ring substituents is 1. The number of nitrogens with zero attached hydrogens (tertiary/aromatic N) is 1. The highest BCUT2D eigenvalue weighted by molar-refractivity contribution is 7.89. The maximum absolute atomic E-state index is 11.5. The first kappa shape index (κ1) is 29.0. The smallest absolute Gasteiger partial charge is 0.485 e. The molecule has 0 aliphatic heterocycles. The van der Waals surface area contributed by atoms with E-state index in [2.05, 4.69) is 50.2 Å². The SMILES string of the molecule is CCCC[P+](CCCC)(c1ccccc1)c1cccc([N+](=O)[O-])c1C.O=S(=O)([O-])C(F)(F)F. The molecule has 0 amide bonds. The van der Waals surface area contributed by atoms with Crippen LogP contribution in [0.4, 0.5) is 18.9 Å². The van der Waals surface area contributed by atoms with Crippen LogP contribution >= 0.6 is 7.26 Å². The highest BCUT2D eigenvalue weighted by Crippen LogP contribution is 2.58. The second kappa shape index (κ2) is 12.4. The number of hydrogen-bond donors (Lipinski definition) is 0. The highest BCUT2D eigenvalue weighted by Gasteiger charge is 2.43. The molecule has 11 heteroatoms. The van der Waals surface area contributed by atoms with Gasteiger partial charge in [-0.3, -0.25) is 10.1 Å². The molecule has 0 aliphatic rings. The van der Waals surface area contributed by atoms with Gasteiger partial charge < -0.3 is 4.55 Å². The average molecular weight is 508 g/mol. The molecule has 2 aromatic rings. The first-order valence-electron chi connectivity index (χ1n) is 10.5. The molecule has 0 bridgehead atoms. The molecule has 184 valence electrons. The van der Waals surface area contributed by atoms with E-state index in [1.165, 1.54) is 10.6 Å². The first-order valence-corrected chi connectivity index (χ1v) is 14.1. The van der Waals surface area contributed by atoms with E-state index in [9.17, 15) is 23.3 Å². The largest absolute Gasteiger partial charge is 0.741 e. The van der Waals surface area contributed by atoms with Gasteiger partial charge in [-0.05, 0) is 38.0 Å². The van der Waals surface area contributed by atoms with Crippen LogP contribution in [-0.4, -0.2) is 35.7 Å². The summed E-state index contributed by atoms with van der Waals surface area (Å²) in [6, 6.07) is 16.4. The summed E-state index contributed by atoms with van der Waals surface area (Å²) >= 11 is 0. The molecule has 0 heterocycles. The van der Waals surface area contributed by atoms with Crippen molar-refractivity contribution in [1.29, 1.82) is 0 Å². The van der Waals surface area contributed by atoms with Crippen LogP contribution in [0, 0.1) is 17.0 Å². The Bertz CT molecular complexity index is 1010. The molecular formula is C22H29F3NO5PS. The third-order valence-corrected chi connectivity index (χ3v) is 10.7. The van der Waals surface area contributed by atoms with Gasteiger partial charge in [-0.2, -0.15) is 13.2 Å². The third kappa shape index (κ3) is 7.76. The zero-order valence-corrected chi connectivity index (χ0v) is 20.6. The van der Waals surface area contributed by atoms with Crippen LogP contribution in [0.25, 0.3) is 0 Å². The van der Waals surface area contributed by atoms with Crippen LogP contribution < -0.4 is 10.6 Å². The summed E-state index contributed by atoms with van der Waals surface area (Å²) in [6.45, 7) is 6.38. The Morgan fingerprint density at radius 1 is 0.939 bits per heavy atom. The molecule has 0 aliphatic carbocycles. The lowest BCUT2D eigenvalue weighted by molar-refractivity contribution is -0.385. The Balaban J connectivity index is 0.000000582. The Labute approximate surface area is 193 Å². The van der Waals surface area contributed by atoms with Gasteiger partial charge in [-0.1, -0.05) is 51.0 Å². The van der Waals surface area contributed by atoms with E-state index in [0.29, 0.717) is 0 Å². The Kier molecular flexibility index (Phi) is 10.9. The van der Waals surface area contributed by atoms with Crippen molar-refractivity contribution in [3.05, 3.63) is 64.2 Å². The lowest BCUT2D eigenvalue weighted by atomic mass is 10.2. The zero-order chi connectivity index (χ0) is 25.3. The summed E-state index contributed by atoms with van der Waals surface area (Å²) in [5.74, 6) is 0. The van der Waals surface area contributed by atoms with Gasteiger partial charge in [0.15, 0.2) is 10.1 Å². The molecule has 0 aromatic heterocycles. The van der Waals surface area contributed by atoms with Crippen molar-refractivity contribution in [1.82, 2.24) is 0 Å². The molecule has 2 aromatic carbocycles. The van der Waals surface area contributed by atoms with Crippen molar-refractivity contribution < 1.29 is 31.1 Å². The molecule has 0 saturated carbocycles. The molecule has 0 unspecified atom stereocenters. The fraction of sp³-hybridized carbons (Fsp3) is 0.455. The fourth-order valence-electron chi connectivity index (χ4n) is 3.59. The Morgan fingerprint density at radius 3 is 1.82 bits per heavy atom. The zero-order valence-electron chi connectivity index (χ0n) is 18.8. The van der Waals surface area contributed by atoms with Crippen molar-refractivity contribution >= 4 is 33.7 Å². The fourth-order valence-corrected chi connectivity index (χ4v) is 8.68. The van der Waals surface area contributed by atoms with Crippen LogP contribution in [0.3, 0.4) is 0 Å². The summed E-state index contributed by atoms with van der Waals surface area (Å²) in [5, 5.41) is 14.1. The summed E-state index contributed by atoms with van der Waals surface area (Å²) in [7, 11) is -7.73. The van der Waals surface area contributed by atoms with E-state index >= 15 is 0 Å². The number of nitro groups is 1. The lowest BCUT2D eigenvalue weighted by Crippen LogP contribution is -2.29. The van der Waals surface area contributed by atoms with Gasteiger partial charge in [0.05, 0.1) is 35.4 Å². The monoisotopic (exact) mass is 507 g/mol. The maximum atomic E-state index is 11.5. The molecule has 0 radical (unpaired) electrons. The van der Waals surface area contributed by atoms with Gasteiger partial charge in [-0.25, -0.2) is 8.42 Å². The topological polar surface area (TPSA) is 100 Å². The molecule has 2 rings (SSSR count). The van der Waals surface area contributed by atoms with Crippen molar-refractivity contribution in [2.75, 3.05) is 12.3 Å². The quantitative estimate of drug-likeness (QED) is 0.146. The number of halogens is 3. The number of alkyl halides is 3. The normalized spacial score (nSPS) is 12.1. The van der Waals surface area contributed by atoms with Gasteiger partial charge in [-0.15, -0.1) is 0 Å². The van der Waals surface area contributed by atoms with E-state index in [4.69, 9.17) is 13.0 Å². The third-order valence-electron chi connectivity index (χ3n) is 5.26. The van der Waals surface area contributed by atoms with Crippen molar-refractivity contribution in [2.24, 2.45) is 0 Å². The average Bonchev–Trinajstić information content (AvgIpc) is 2.74. The lowest BCUT2D eigenvalue weighted by Gasteiger charge is -2.28. The predicted octanol–water partition coefficient (Wildman–Crippen LogP) is 5.52. The van der Waals surface area contributed by atoms with Crippen LogP contribution in [0.5, 0.6) is 0 Å². The van der Waals surface area contributed by atoms with Crippen molar-refractivity contribution in [2.45, 2.75) is 52.0 Å². The van der Waals surface area contributed by atoms with Gasteiger partial charge in [0.1, 0.15) is 5.30 Å². The van der Waals surface area contributed by atoms with Crippen LogP contribution in [0.1, 0.15) is 45.1 Å². The van der Waals surface area contributed by atoms with Gasteiger partial charge in [0.2, 0.25) is 0 Å². The number of benzene rings is 2. The summed E-state index contributed by atoms with van der Waals surface area (Å²) < 4.78 is 58.9. The van der Waals surface area contributed by atoms with E-state index in [1.807, 2.05) is 13.0 Å². The minimum atomic E-state index is -6.09. The Morgan fingerprint density at radius 2 is 1.42 bits per heavy atom. The summed E-state index contributed by atoms with van der Waals surface area (Å²) in [5.41, 5.74) is -4.53. The van der Waals surface area contributed by atoms with Crippen LogP contribution in [0.15, 0.2) is 48.5 Å². The Hall–Kier alpha value is -2.03. The van der Waals surface area contributed by atoms with E-state index < -0.39 is 22.9 Å². The minimum absolute atomic E-state index is 0.238. The number of hydrogen-bond acceptors (Lipinski definition) is 5. The number of rotatable bonds is 9. The maximum Gasteiger partial charge on any atom is 0.485 e. The molecule has 0 N–H and O–H groups in total. The molecule has 0 fully saturated rings. The summed E-state index contributed by atoms with van der Waals surface area (Å²) in [6.07, 6.45) is 6.89. The number of unbranched alkanes of at least 4 members (excludes halogenated alkanes) is 2. The second-order valence-corrected chi connectivity index (χ2v) is 12.7. The minimum Gasteiger partial charge on any atom is -0.741 e. The van der Waals surface area contributed by atoms with E-state index in [1.54, 1.807) is 6.07 Å². The summed E-state index contributed by atoms with van der Waals surface area (Å²) in [4.78, 5) is 11.2. The predicted molar refractivity (Wildman–Crippen MR) is 126 cm³/mol. The van der Waals surface area contributed by atoms with Gasteiger partial charge >= 0.3 is 5.51 Å². The van der Waals surface area contributed by atoms with Crippen molar-refractivity contribution in [3.8, 4) is 0 Å². The van der Waals surface area contributed by atoms with Gasteiger partial charge in [0, 0.05) is 6.07 Å². The molecular weight excluding hydrogens is 478 g/mol. The molecule has 0 atom stereocenters. The van der Waals surface area contributed by atoms with Crippen LogP contribution in [-0.2, 0) is 10.1 Å². The molecule has 0 spiro atoms. The van der Waals surface area contributed by atoms with Gasteiger partial charge in [0.25, 0.3) is 5.69 Å².